The first kappa shape index (κ1) is 13.1. The van der Waals surface area contributed by atoms with Gasteiger partial charge in [-0.3, -0.25) is 4.90 Å². The molecule has 1 saturated carbocycles. The van der Waals surface area contributed by atoms with Crippen LogP contribution in [-0.2, 0) is 10.0 Å². The van der Waals surface area contributed by atoms with Gasteiger partial charge >= 0.3 is 0 Å². The van der Waals surface area contributed by atoms with Crippen LogP contribution in [0.2, 0.25) is 0 Å². The maximum Gasteiger partial charge on any atom is 0.217 e. The molecule has 0 aromatic carbocycles. The molecule has 106 valence electrons. The molecule has 19 heavy (non-hydrogen) atoms. The Bertz CT molecular complexity index is 524. The number of H-pyrrole nitrogens is 1. The van der Waals surface area contributed by atoms with Gasteiger partial charge in [0.05, 0.1) is 11.3 Å². The number of nitrogens with one attached hydrogen (secondary N) is 1. The first-order chi connectivity index (χ1) is 9.13. The normalized spacial score (nSPS) is 26.7. The van der Waals surface area contributed by atoms with Gasteiger partial charge in [0.1, 0.15) is 5.82 Å². The van der Waals surface area contributed by atoms with Gasteiger partial charge in [0.15, 0.2) is 0 Å². The van der Waals surface area contributed by atoms with Gasteiger partial charge in [-0.2, -0.15) is 4.31 Å². The first-order valence-corrected chi connectivity index (χ1v) is 8.35. The minimum absolute atomic E-state index is 0.0438. The highest BCUT2D eigenvalue weighted by atomic mass is 32.2. The Kier molecular flexibility index (Phi) is 3.36. The van der Waals surface area contributed by atoms with Gasteiger partial charge in [0.2, 0.25) is 10.0 Å². The Morgan fingerprint density at radius 3 is 2.79 bits per heavy atom. The summed E-state index contributed by atoms with van der Waals surface area (Å²) in [5.74, 6) is 0.859. The van der Waals surface area contributed by atoms with Crippen LogP contribution < -0.4 is 0 Å². The Labute approximate surface area is 113 Å². The zero-order valence-corrected chi connectivity index (χ0v) is 11.9. The molecule has 1 aliphatic heterocycles. The highest BCUT2D eigenvalue weighted by molar-refractivity contribution is 7.90. The van der Waals surface area contributed by atoms with Crippen LogP contribution in [0.3, 0.4) is 0 Å². The highest BCUT2D eigenvalue weighted by Crippen LogP contribution is 2.33. The zero-order chi connectivity index (χ0) is 13.5. The van der Waals surface area contributed by atoms with Gasteiger partial charge in [-0.1, -0.05) is 6.92 Å². The number of aromatic nitrogens is 2. The van der Waals surface area contributed by atoms with Crippen molar-refractivity contribution in [3.05, 3.63) is 18.2 Å². The van der Waals surface area contributed by atoms with Crippen LogP contribution in [0.4, 0.5) is 0 Å². The molecule has 1 saturated heterocycles. The molecule has 0 spiro atoms. The summed E-state index contributed by atoms with van der Waals surface area (Å²) in [5.41, 5.74) is 0. The van der Waals surface area contributed by atoms with E-state index in [1.54, 1.807) is 16.7 Å². The molecule has 3 rings (SSSR count). The van der Waals surface area contributed by atoms with E-state index in [0.29, 0.717) is 13.1 Å². The molecule has 7 heteroatoms. The summed E-state index contributed by atoms with van der Waals surface area (Å²) in [6, 6.07) is 0.0438. The average molecular weight is 284 g/mol. The van der Waals surface area contributed by atoms with Gasteiger partial charge in [-0.15, -0.1) is 0 Å². The summed E-state index contributed by atoms with van der Waals surface area (Å²) >= 11 is 0. The van der Waals surface area contributed by atoms with E-state index in [2.05, 4.69) is 21.8 Å². The highest BCUT2D eigenvalue weighted by Gasteiger charge is 2.43. The van der Waals surface area contributed by atoms with Gasteiger partial charge in [-0.25, -0.2) is 13.4 Å². The average Bonchev–Trinajstić information content (AvgIpc) is 3.15. The summed E-state index contributed by atoms with van der Waals surface area (Å²) in [6.45, 7) is 4.89. The predicted octanol–water partition coefficient (Wildman–Crippen LogP) is 0.580. The second-order valence-corrected chi connectivity index (χ2v) is 7.43. The van der Waals surface area contributed by atoms with Crippen molar-refractivity contribution in [3.63, 3.8) is 0 Å². The molecule has 2 aliphatic rings. The molecule has 0 amide bonds. The number of hydrogen-bond donors (Lipinski definition) is 1. The SMILES string of the molecule is CCN1CCN(S(=O)(=O)C2CC2)C[C@@H]1c1ncc[nH]1. The molecule has 1 aromatic heterocycles. The number of piperazine rings is 1. The van der Waals surface area contributed by atoms with Crippen molar-refractivity contribution in [2.75, 3.05) is 26.2 Å². The van der Waals surface area contributed by atoms with Crippen molar-refractivity contribution in [1.82, 2.24) is 19.2 Å². The number of likely N-dealkylation sites (N-methyl/N-ethyl adjacent to an activating group) is 1. The molecule has 1 aromatic rings. The van der Waals surface area contributed by atoms with Crippen LogP contribution in [-0.4, -0.2) is 59.0 Å². The molecule has 0 unspecified atom stereocenters. The molecule has 2 fully saturated rings. The monoisotopic (exact) mass is 284 g/mol. The predicted molar refractivity (Wildman–Crippen MR) is 72.1 cm³/mol. The molecule has 0 bridgehead atoms. The van der Waals surface area contributed by atoms with E-state index < -0.39 is 10.0 Å². The van der Waals surface area contributed by atoms with Crippen molar-refractivity contribution < 1.29 is 8.42 Å². The van der Waals surface area contributed by atoms with Gasteiger partial charge in [0.25, 0.3) is 0 Å². The second-order valence-electron chi connectivity index (χ2n) is 5.22. The number of sulfonamides is 1. The largest absolute Gasteiger partial charge is 0.347 e. The van der Waals surface area contributed by atoms with E-state index in [1.807, 2.05) is 0 Å². The molecule has 0 radical (unpaired) electrons. The lowest BCUT2D eigenvalue weighted by molar-refractivity contribution is 0.119. The van der Waals surface area contributed by atoms with Crippen molar-refractivity contribution in [3.8, 4) is 0 Å². The number of hydrogen-bond acceptors (Lipinski definition) is 4. The minimum Gasteiger partial charge on any atom is -0.347 e. The number of imidazole rings is 1. The van der Waals surface area contributed by atoms with Crippen LogP contribution in [0, 0.1) is 0 Å². The third-order valence-corrected chi connectivity index (χ3v) is 6.37. The Morgan fingerprint density at radius 1 is 1.42 bits per heavy atom. The van der Waals surface area contributed by atoms with E-state index in [-0.39, 0.29) is 11.3 Å². The number of nitrogens with zero attached hydrogens (tertiary/aromatic N) is 3. The van der Waals surface area contributed by atoms with Crippen LogP contribution in [0.15, 0.2) is 12.4 Å². The summed E-state index contributed by atoms with van der Waals surface area (Å²) in [6.07, 6.45) is 5.15. The van der Waals surface area contributed by atoms with Crippen molar-refractivity contribution in [2.45, 2.75) is 31.1 Å². The van der Waals surface area contributed by atoms with E-state index in [9.17, 15) is 8.42 Å². The molecular formula is C12H20N4O2S. The van der Waals surface area contributed by atoms with Crippen LogP contribution in [0.5, 0.6) is 0 Å². The van der Waals surface area contributed by atoms with Crippen molar-refractivity contribution in [2.24, 2.45) is 0 Å². The summed E-state index contributed by atoms with van der Waals surface area (Å²) in [7, 11) is -3.08. The maximum absolute atomic E-state index is 12.3. The third-order valence-electron chi connectivity index (χ3n) is 4.00. The summed E-state index contributed by atoms with van der Waals surface area (Å²) < 4.78 is 26.3. The van der Waals surface area contributed by atoms with Gasteiger partial charge in [0, 0.05) is 32.0 Å². The summed E-state index contributed by atoms with van der Waals surface area (Å²) in [5, 5.41) is -0.127. The standard InChI is InChI=1S/C12H20N4O2S/c1-2-15-7-8-16(19(17,18)10-3-4-10)9-11(15)12-13-5-6-14-12/h5-6,10-11H,2-4,7-9H2,1H3,(H,13,14)/t11-/m1/s1. The smallest absolute Gasteiger partial charge is 0.217 e. The lowest BCUT2D eigenvalue weighted by atomic mass is 10.2. The van der Waals surface area contributed by atoms with E-state index in [4.69, 9.17) is 0 Å². The molecule has 1 atom stereocenters. The topological polar surface area (TPSA) is 69.3 Å². The van der Waals surface area contributed by atoms with Crippen molar-refractivity contribution >= 4 is 10.0 Å². The number of aromatic amines is 1. The van der Waals surface area contributed by atoms with E-state index in [1.165, 1.54) is 0 Å². The van der Waals surface area contributed by atoms with Crippen LogP contribution in [0.1, 0.15) is 31.6 Å². The first-order valence-electron chi connectivity index (χ1n) is 6.85. The zero-order valence-electron chi connectivity index (χ0n) is 11.1. The Morgan fingerprint density at radius 2 is 2.21 bits per heavy atom. The molecule has 2 heterocycles. The van der Waals surface area contributed by atoms with E-state index in [0.717, 1.165) is 31.8 Å². The molecule has 1 aliphatic carbocycles. The molecular weight excluding hydrogens is 264 g/mol. The Balaban J connectivity index is 1.81. The molecule has 6 nitrogen and oxygen atoms in total. The molecule has 1 N–H and O–H groups in total. The van der Waals surface area contributed by atoms with Gasteiger partial charge < -0.3 is 4.98 Å². The van der Waals surface area contributed by atoms with Crippen LogP contribution >= 0.6 is 0 Å². The maximum atomic E-state index is 12.3. The third kappa shape index (κ3) is 2.42. The fourth-order valence-electron chi connectivity index (χ4n) is 2.70. The second kappa shape index (κ2) is 4.88. The van der Waals surface area contributed by atoms with Crippen LogP contribution in [0.25, 0.3) is 0 Å². The summed E-state index contributed by atoms with van der Waals surface area (Å²) in [4.78, 5) is 9.69. The Hall–Kier alpha value is -0.920. The van der Waals surface area contributed by atoms with Crippen molar-refractivity contribution in [1.29, 1.82) is 0 Å². The van der Waals surface area contributed by atoms with E-state index >= 15 is 0 Å². The lowest BCUT2D eigenvalue weighted by Gasteiger charge is -2.39. The lowest BCUT2D eigenvalue weighted by Crippen LogP contribution is -2.51. The minimum atomic E-state index is -3.08. The quantitative estimate of drug-likeness (QED) is 0.878. The fraction of sp³-hybridized carbons (Fsp3) is 0.750. The van der Waals surface area contributed by atoms with Gasteiger partial charge in [-0.05, 0) is 19.4 Å². The fourth-order valence-corrected chi connectivity index (χ4v) is 4.54. The number of rotatable bonds is 4.